The number of rotatable bonds is 11. The maximum absolute atomic E-state index is 11.1. The average Bonchev–Trinajstić information content (AvgIpc) is 2.31. The molecule has 0 saturated carbocycles. The van der Waals surface area contributed by atoms with Crippen molar-refractivity contribution in [3.8, 4) is 0 Å². The number of esters is 1. The molecule has 0 amide bonds. The van der Waals surface area contributed by atoms with Gasteiger partial charge in [0, 0.05) is 0 Å². The third-order valence-electron chi connectivity index (χ3n) is 2.62. The molecule has 102 valence electrons. The van der Waals surface area contributed by atoms with Gasteiger partial charge < -0.3 is 4.74 Å². The Hall–Kier alpha value is 0.300. The van der Waals surface area contributed by atoms with Crippen molar-refractivity contribution in [2.75, 3.05) is 12.4 Å². The van der Waals surface area contributed by atoms with E-state index in [0.717, 1.165) is 18.6 Å². The van der Waals surface area contributed by atoms with Crippen molar-refractivity contribution in [3.63, 3.8) is 0 Å². The van der Waals surface area contributed by atoms with Gasteiger partial charge in [0.2, 0.25) is 0 Å². The van der Waals surface area contributed by atoms with Crippen molar-refractivity contribution in [3.05, 3.63) is 0 Å². The Bertz CT molecular complexity index is 186. The number of unbranched alkanes of at least 4 members (excludes halogenated alkanes) is 7. The topological polar surface area (TPSA) is 26.3 Å². The maximum atomic E-state index is 11.1. The molecule has 2 nitrogen and oxygen atoms in total. The summed E-state index contributed by atoms with van der Waals surface area (Å²) in [5, 5.41) is 0. The van der Waals surface area contributed by atoms with E-state index >= 15 is 0 Å². The average molecular weight is 325 g/mol. The van der Waals surface area contributed by atoms with Crippen LogP contribution in [0.15, 0.2) is 0 Å². The molecule has 1 unspecified atom stereocenters. The number of alkyl halides is 1. The molecule has 0 aromatic rings. The van der Waals surface area contributed by atoms with Gasteiger partial charge in [-0.25, -0.2) is 0 Å². The molecular formula is C13H25BrO2S. The fourth-order valence-corrected chi connectivity index (χ4v) is 1.92. The maximum Gasteiger partial charge on any atom is 0.319 e. The van der Waals surface area contributed by atoms with Crippen molar-refractivity contribution in [1.82, 2.24) is 0 Å². The number of hydrogen-bond donors (Lipinski definition) is 1. The highest BCUT2D eigenvalue weighted by Crippen LogP contribution is 2.09. The number of carbonyl (C=O) groups is 1. The molecule has 17 heavy (non-hydrogen) atoms. The van der Waals surface area contributed by atoms with Gasteiger partial charge in [-0.3, -0.25) is 4.79 Å². The molecule has 0 N–H and O–H groups in total. The lowest BCUT2D eigenvalue weighted by atomic mass is 10.1. The number of thiol groups is 1. The van der Waals surface area contributed by atoms with Gasteiger partial charge >= 0.3 is 5.97 Å². The summed E-state index contributed by atoms with van der Waals surface area (Å²) >= 11 is 7.37. The first-order valence-corrected chi connectivity index (χ1v) is 8.15. The van der Waals surface area contributed by atoms with Gasteiger partial charge in [0.15, 0.2) is 0 Å². The van der Waals surface area contributed by atoms with Crippen molar-refractivity contribution in [2.45, 2.75) is 63.1 Å². The quantitative estimate of drug-likeness (QED) is 0.264. The van der Waals surface area contributed by atoms with Gasteiger partial charge in [-0.05, 0) is 25.5 Å². The fourth-order valence-electron chi connectivity index (χ4n) is 1.56. The molecule has 0 bridgehead atoms. The van der Waals surface area contributed by atoms with Crippen LogP contribution in [-0.4, -0.2) is 23.2 Å². The Kier molecular flexibility index (Phi) is 13.0. The largest absolute Gasteiger partial charge is 0.465 e. The predicted octanol–water partition coefficient (Wildman–Crippen LogP) is 4.36. The Balaban J connectivity index is 3.06. The van der Waals surface area contributed by atoms with E-state index in [1.807, 2.05) is 0 Å². The van der Waals surface area contributed by atoms with Crippen LogP contribution in [-0.2, 0) is 9.53 Å². The van der Waals surface area contributed by atoms with E-state index in [4.69, 9.17) is 4.74 Å². The lowest BCUT2D eigenvalue weighted by Gasteiger charge is -2.05. The van der Waals surface area contributed by atoms with Gasteiger partial charge in [0.05, 0.1) is 6.61 Å². The van der Waals surface area contributed by atoms with E-state index in [2.05, 4.69) is 28.6 Å². The first-order valence-electron chi connectivity index (χ1n) is 6.60. The van der Waals surface area contributed by atoms with E-state index in [-0.39, 0.29) is 10.8 Å². The summed E-state index contributed by atoms with van der Waals surface area (Å²) in [6, 6.07) is 0. The van der Waals surface area contributed by atoms with E-state index in [1.54, 1.807) is 6.92 Å². The zero-order valence-corrected chi connectivity index (χ0v) is 13.3. The van der Waals surface area contributed by atoms with Crippen LogP contribution >= 0.6 is 28.6 Å². The van der Waals surface area contributed by atoms with Gasteiger partial charge in [-0.1, -0.05) is 54.5 Å². The van der Waals surface area contributed by atoms with Crippen LogP contribution in [0.2, 0.25) is 0 Å². The van der Waals surface area contributed by atoms with E-state index in [1.165, 1.54) is 38.5 Å². The molecule has 0 aliphatic heterocycles. The number of ether oxygens (including phenoxy) is 1. The zero-order valence-electron chi connectivity index (χ0n) is 10.8. The molecule has 1 atom stereocenters. The zero-order chi connectivity index (χ0) is 12.9. The second-order valence-electron chi connectivity index (χ2n) is 4.34. The monoisotopic (exact) mass is 324 g/mol. The molecule has 0 saturated heterocycles. The minimum absolute atomic E-state index is 0.156. The summed E-state index contributed by atoms with van der Waals surface area (Å²) in [4.78, 5) is 10.9. The van der Waals surface area contributed by atoms with E-state index < -0.39 is 0 Å². The Labute approximate surface area is 119 Å². The molecule has 4 heteroatoms. The molecule has 0 fully saturated rings. The first kappa shape index (κ1) is 17.3. The summed E-state index contributed by atoms with van der Waals surface area (Å²) in [6.45, 7) is 2.35. The van der Waals surface area contributed by atoms with Crippen LogP contribution in [0.5, 0.6) is 0 Å². The summed E-state index contributed by atoms with van der Waals surface area (Å²) < 4.78 is 5.07. The SMILES string of the molecule is CC(Br)C(=O)OCCCCCCCCCCS. The highest BCUT2D eigenvalue weighted by molar-refractivity contribution is 9.10. The first-order chi connectivity index (χ1) is 8.18. The number of carbonyl (C=O) groups excluding carboxylic acids is 1. The molecule has 0 spiro atoms. The Morgan fingerprint density at radius 2 is 1.53 bits per heavy atom. The van der Waals surface area contributed by atoms with Crippen LogP contribution in [0.4, 0.5) is 0 Å². The molecule has 0 aromatic carbocycles. The number of hydrogen-bond acceptors (Lipinski definition) is 3. The van der Waals surface area contributed by atoms with Crippen molar-refractivity contribution in [1.29, 1.82) is 0 Å². The standard InChI is InChI=1S/C13H25BrO2S/c1-12(14)13(15)16-10-8-6-4-2-3-5-7-9-11-17/h12,17H,2-11H2,1H3. The van der Waals surface area contributed by atoms with Crippen molar-refractivity contribution >= 4 is 34.5 Å². The van der Waals surface area contributed by atoms with E-state index in [9.17, 15) is 4.79 Å². The smallest absolute Gasteiger partial charge is 0.319 e. The number of halogens is 1. The van der Waals surface area contributed by atoms with Crippen LogP contribution < -0.4 is 0 Å². The van der Waals surface area contributed by atoms with Gasteiger partial charge in [-0.2, -0.15) is 12.6 Å². The minimum atomic E-state index is -0.186. The Morgan fingerprint density at radius 1 is 1.06 bits per heavy atom. The van der Waals surface area contributed by atoms with Gasteiger partial charge in [-0.15, -0.1) is 0 Å². The molecule has 0 aromatic heterocycles. The van der Waals surface area contributed by atoms with Gasteiger partial charge in [0.25, 0.3) is 0 Å². The molecule has 0 radical (unpaired) electrons. The summed E-state index contributed by atoms with van der Waals surface area (Å²) in [7, 11) is 0. The van der Waals surface area contributed by atoms with Crippen molar-refractivity contribution < 1.29 is 9.53 Å². The second kappa shape index (κ2) is 12.7. The van der Waals surface area contributed by atoms with Gasteiger partial charge in [0.1, 0.15) is 4.83 Å². The highest BCUT2D eigenvalue weighted by Gasteiger charge is 2.08. The van der Waals surface area contributed by atoms with Crippen molar-refractivity contribution in [2.24, 2.45) is 0 Å². The third kappa shape index (κ3) is 12.5. The summed E-state index contributed by atoms with van der Waals surface area (Å²) in [5.74, 6) is 0.855. The lowest BCUT2D eigenvalue weighted by Crippen LogP contribution is -2.14. The highest BCUT2D eigenvalue weighted by atomic mass is 79.9. The fraction of sp³-hybridized carbons (Fsp3) is 0.923. The normalized spacial score (nSPS) is 12.4. The Morgan fingerprint density at radius 3 is 2.00 bits per heavy atom. The van der Waals surface area contributed by atoms with Crippen LogP contribution in [0.3, 0.4) is 0 Å². The molecular weight excluding hydrogens is 300 g/mol. The van der Waals surface area contributed by atoms with E-state index in [0.29, 0.717) is 6.61 Å². The second-order valence-corrected chi connectivity index (χ2v) is 6.16. The molecule has 0 rings (SSSR count). The van der Waals surface area contributed by atoms with Crippen LogP contribution in [0, 0.1) is 0 Å². The minimum Gasteiger partial charge on any atom is -0.465 e. The summed E-state index contributed by atoms with van der Waals surface area (Å²) in [6.07, 6.45) is 9.91. The summed E-state index contributed by atoms with van der Waals surface area (Å²) in [5.41, 5.74) is 0. The molecule has 0 aliphatic rings. The third-order valence-corrected chi connectivity index (χ3v) is 3.31. The lowest BCUT2D eigenvalue weighted by molar-refractivity contribution is -0.142. The molecule has 0 heterocycles. The predicted molar refractivity (Wildman–Crippen MR) is 80.1 cm³/mol. The van der Waals surface area contributed by atoms with Crippen LogP contribution in [0.1, 0.15) is 58.3 Å². The van der Waals surface area contributed by atoms with Crippen LogP contribution in [0.25, 0.3) is 0 Å². The molecule has 0 aliphatic carbocycles.